The van der Waals surface area contributed by atoms with Crippen LogP contribution in [0.5, 0.6) is 11.6 Å². The van der Waals surface area contributed by atoms with Crippen LogP contribution in [0.25, 0.3) is 0 Å². The van der Waals surface area contributed by atoms with Crippen molar-refractivity contribution in [3.63, 3.8) is 0 Å². The minimum atomic E-state index is -0.252. The summed E-state index contributed by atoms with van der Waals surface area (Å²) in [5.74, 6) is 1.09. The van der Waals surface area contributed by atoms with Crippen LogP contribution >= 0.6 is 0 Å². The Balaban J connectivity index is 1.42. The molecule has 0 radical (unpaired) electrons. The lowest BCUT2D eigenvalue weighted by Crippen LogP contribution is -2.20. The van der Waals surface area contributed by atoms with Gasteiger partial charge in [0.2, 0.25) is 5.88 Å². The molecule has 2 aromatic carbocycles. The summed E-state index contributed by atoms with van der Waals surface area (Å²) in [7, 11) is 0. The Morgan fingerprint density at radius 3 is 2.65 bits per heavy atom. The van der Waals surface area contributed by atoms with Gasteiger partial charge in [0.05, 0.1) is 0 Å². The van der Waals surface area contributed by atoms with E-state index in [1.165, 1.54) is 6.07 Å². The number of halogens is 1. The van der Waals surface area contributed by atoms with Crippen LogP contribution in [0.3, 0.4) is 0 Å². The predicted molar refractivity (Wildman–Crippen MR) is 98.6 cm³/mol. The Hall–Kier alpha value is -2.92. The van der Waals surface area contributed by atoms with Crippen LogP contribution in [0.2, 0.25) is 0 Å². The van der Waals surface area contributed by atoms with Gasteiger partial charge in [0, 0.05) is 30.9 Å². The van der Waals surface area contributed by atoms with Crippen molar-refractivity contribution >= 4 is 0 Å². The van der Waals surface area contributed by atoms with Crippen LogP contribution in [0.15, 0.2) is 72.9 Å². The van der Waals surface area contributed by atoms with Crippen molar-refractivity contribution in [1.82, 2.24) is 10.3 Å². The molecule has 0 saturated carbocycles. The number of nitrogens with zero attached hydrogens (tertiary/aromatic N) is 1. The number of nitrogens with one attached hydrogen (secondary N) is 1. The lowest BCUT2D eigenvalue weighted by molar-refractivity contribution is 0.298. The highest BCUT2D eigenvalue weighted by molar-refractivity contribution is 5.29. The van der Waals surface area contributed by atoms with Crippen molar-refractivity contribution < 1.29 is 13.9 Å². The van der Waals surface area contributed by atoms with E-state index in [0.29, 0.717) is 31.1 Å². The first kappa shape index (κ1) is 17.9. The van der Waals surface area contributed by atoms with E-state index in [1.807, 2.05) is 42.5 Å². The standard InChI is InChI=1S/C21H21FN2O2/c22-20-9-2-1-7-18(20)16-26-19-8-5-6-17(14-19)15-23-12-13-25-21-10-3-4-11-24-21/h1-11,14,23H,12-13,15-16H2. The summed E-state index contributed by atoms with van der Waals surface area (Å²) in [4.78, 5) is 4.10. The van der Waals surface area contributed by atoms with Gasteiger partial charge in [0.1, 0.15) is 24.8 Å². The fraction of sp³-hybridized carbons (Fsp3) is 0.190. The predicted octanol–water partition coefficient (Wildman–Crippen LogP) is 3.97. The SMILES string of the molecule is Fc1ccccc1COc1cccc(CNCCOc2ccccn2)c1. The van der Waals surface area contributed by atoms with Gasteiger partial charge >= 0.3 is 0 Å². The highest BCUT2D eigenvalue weighted by Crippen LogP contribution is 2.16. The van der Waals surface area contributed by atoms with Gasteiger partial charge in [-0.2, -0.15) is 0 Å². The smallest absolute Gasteiger partial charge is 0.213 e. The summed E-state index contributed by atoms with van der Waals surface area (Å²) in [5, 5.41) is 3.31. The second-order valence-corrected chi connectivity index (χ2v) is 5.72. The van der Waals surface area contributed by atoms with Gasteiger partial charge in [-0.15, -0.1) is 0 Å². The number of benzene rings is 2. The molecule has 0 atom stereocenters. The molecule has 0 bridgehead atoms. The lowest BCUT2D eigenvalue weighted by atomic mass is 10.2. The van der Waals surface area contributed by atoms with Gasteiger partial charge in [-0.25, -0.2) is 9.37 Å². The Bertz CT molecular complexity index is 812. The second kappa shape index (κ2) is 9.53. The largest absolute Gasteiger partial charge is 0.489 e. The molecule has 0 amide bonds. The molecule has 0 fully saturated rings. The van der Waals surface area contributed by atoms with Crippen LogP contribution in [-0.4, -0.2) is 18.1 Å². The molecule has 1 aromatic heterocycles. The molecular weight excluding hydrogens is 331 g/mol. The van der Waals surface area contributed by atoms with Crippen LogP contribution in [0.1, 0.15) is 11.1 Å². The third-order valence-corrected chi connectivity index (χ3v) is 3.75. The minimum absolute atomic E-state index is 0.210. The van der Waals surface area contributed by atoms with Gasteiger partial charge < -0.3 is 14.8 Å². The number of pyridine rings is 1. The topological polar surface area (TPSA) is 43.4 Å². The summed E-state index contributed by atoms with van der Waals surface area (Å²) < 4.78 is 24.9. The van der Waals surface area contributed by atoms with E-state index >= 15 is 0 Å². The van der Waals surface area contributed by atoms with Crippen LogP contribution in [-0.2, 0) is 13.2 Å². The molecule has 3 aromatic rings. The molecular formula is C21H21FN2O2. The number of ether oxygens (including phenoxy) is 2. The molecule has 0 aliphatic carbocycles. The Labute approximate surface area is 152 Å². The van der Waals surface area contributed by atoms with Gasteiger partial charge in [0.25, 0.3) is 0 Å². The number of rotatable bonds is 9. The normalized spacial score (nSPS) is 10.5. The van der Waals surface area contributed by atoms with E-state index in [9.17, 15) is 4.39 Å². The summed E-state index contributed by atoms with van der Waals surface area (Å²) in [6.07, 6.45) is 1.70. The average molecular weight is 352 g/mol. The highest BCUT2D eigenvalue weighted by atomic mass is 19.1. The third-order valence-electron chi connectivity index (χ3n) is 3.75. The number of aromatic nitrogens is 1. The zero-order valence-electron chi connectivity index (χ0n) is 14.4. The maximum atomic E-state index is 13.6. The quantitative estimate of drug-likeness (QED) is 0.592. The van der Waals surface area contributed by atoms with E-state index in [0.717, 1.165) is 11.3 Å². The van der Waals surface area contributed by atoms with Gasteiger partial charge in [-0.1, -0.05) is 36.4 Å². The molecule has 0 aliphatic rings. The second-order valence-electron chi connectivity index (χ2n) is 5.72. The van der Waals surface area contributed by atoms with E-state index in [-0.39, 0.29) is 12.4 Å². The molecule has 1 N–H and O–H groups in total. The summed E-state index contributed by atoms with van der Waals surface area (Å²) in [6, 6.07) is 20.0. The van der Waals surface area contributed by atoms with Crippen molar-refractivity contribution in [2.75, 3.05) is 13.2 Å². The van der Waals surface area contributed by atoms with E-state index < -0.39 is 0 Å². The average Bonchev–Trinajstić information content (AvgIpc) is 2.68. The fourth-order valence-electron chi connectivity index (χ4n) is 2.41. The fourth-order valence-corrected chi connectivity index (χ4v) is 2.41. The first-order chi connectivity index (χ1) is 12.8. The minimum Gasteiger partial charge on any atom is -0.489 e. The van der Waals surface area contributed by atoms with Crippen molar-refractivity contribution in [3.8, 4) is 11.6 Å². The molecule has 0 saturated heterocycles. The van der Waals surface area contributed by atoms with Crippen molar-refractivity contribution in [3.05, 3.63) is 89.9 Å². The first-order valence-corrected chi connectivity index (χ1v) is 8.51. The molecule has 5 heteroatoms. The first-order valence-electron chi connectivity index (χ1n) is 8.51. The van der Waals surface area contributed by atoms with Crippen LogP contribution in [0, 0.1) is 5.82 Å². The number of hydrogen-bond donors (Lipinski definition) is 1. The lowest BCUT2D eigenvalue weighted by Gasteiger charge is -2.10. The van der Waals surface area contributed by atoms with Gasteiger partial charge in [-0.3, -0.25) is 0 Å². The third kappa shape index (κ3) is 5.57. The molecule has 26 heavy (non-hydrogen) atoms. The van der Waals surface area contributed by atoms with Gasteiger partial charge in [-0.05, 0) is 29.8 Å². The van der Waals surface area contributed by atoms with Gasteiger partial charge in [0.15, 0.2) is 0 Å². The molecule has 0 unspecified atom stereocenters. The summed E-state index contributed by atoms with van der Waals surface area (Å²) in [5.41, 5.74) is 1.64. The monoisotopic (exact) mass is 352 g/mol. The van der Waals surface area contributed by atoms with E-state index in [4.69, 9.17) is 9.47 Å². The zero-order valence-corrected chi connectivity index (χ0v) is 14.4. The van der Waals surface area contributed by atoms with Crippen LogP contribution < -0.4 is 14.8 Å². The zero-order chi connectivity index (χ0) is 18.0. The Kier molecular flexibility index (Phi) is 6.56. The molecule has 0 spiro atoms. The van der Waals surface area contributed by atoms with E-state index in [2.05, 4.69) is 10.3 Å². The maximum absolute atomic E-state index is 13.6. The summed E-state index contributed by atoms with van der Waals surface area (Å²) >= 11 is 0. The molecule has 4 nitrogen and oxygen atoms in total. The molecule has 0 aliphatic heterocycles. The summed E-state index contributed by atoms with van der Waals surface area (Å²) in [6.45, 7) is 2.15. The van der Waals surface area contributed by atoms with Crippen molar-refractivity contribution in [2.45, 2.75) is 13.2 Å². The molecule has 134 valence electrons. The Morgan fingerprint density at radius 1 is 0.923 bits per heavy atom. The number of hydrogen-bond acceptors (Lipinski definition) is 4. The van der Waals surface area contributed by atoms with E-state index in [1.54, 1.807) is 24.4 Å². The molecule has 1 heterocycles. The maximum Gasteiger partial charge on any atom is 0.213 e. The molecule has 3 rings (SSSR count). The Morgan fingerprint density at radius 2 is 1.81 bits per heavy atom. The van der Waals surface area contributed by atoms with Crippen LogP contribution in [0.4, 0.5) is 4.39 Å². The van der Waals surface area contributed by atoms with Crippen molar-refractivity contribution in [1.29, 1.82) is 0 Å². The highest BCUT2D eigenvalue weighted by Gasteiger charge is 2.03. The van der Waals surface area contributed by atoms with Crippen molar-refractivity contribution in [2.24, 2.45) is 0 Å².